The lowest BCUT2D eigenvalue weighted by Crippen LogP contribution is -2.43. The van der Waals surface area contributed by atoms with Crippen LogP contribution in [0.5, 0.6) is 11.5 Å². The normalized spacial score (nSPS) is 14.5. The highest BCUT2D eigenvalue weighted by Gasteiger charge is 2.25. The van der Waals surface area contributed by atoms with Crippen molar-refractivity contribution in [3.05, 3.63) is 90.5 Å². The van der Waals surface area contributed by atoms with Crippen molar-refractivity contribution in [2.24, 2.45) is 0 Å². The van der Waals surface area contributed by atoms with Gasteiger partial charge in [0, 0.05) is 49.1 Å². The summed E-state index contributed by atoms with van der Waals surface area (Å²) in [5.41, 5.74) is 3.24. The molecule has 0 unspecified atom stereocenters. The van der Waals surface area contributed by atoms with Crippen molar-refractivity contribution < 1.29 is 9.47 Å². The predicted octanol–water partition coefficient (Wildman–Crippen LogP) is 6.57. The fraction of sp³-hybridized carbons (Fsp3) is 0.273. The Bertz CT molecular complexity index is 1590. The van der Waals surface area contributed by atoms with Crippen LogP contribution in [0, 0.1) is 0 Å². The van der Waals surface area contributed by atoms with Crippen molar-refractivity contribution >= 4 is 27.4 Å². The van der Waals surface area contributed by atoms with E-state index in [-0.39, 0.29) is 0 Å². The van der Waals surface area contributed by atoms with Gasteiger partial charge in [0.15, 0.2) is 5.82 Å². The molecule has 5 aromatic rings. The molecule has 0 atom stereocenters. The molecule has 39 heavy (non-hydrogen) atoms. The summed E-state index contributed by atoms with van der Waals surface area (Å²) in [6, 6.07) is 29.9. The Morgan fingerprint density at radius 1 is 0.769 bits per heavy atom. The van der Waals surface area contributed by atoms with E-state index in [9.17, 15) is 0 Å². The summed E-state index contributed by atoms with van der Waals surface area (Å²) in [5.74, 6) is 2.53. The van der Waals surface area contributed by atoms with Crippen LogP contribution in [0.25, 0.3) is 32.8 Å². The first-order valence-electron chi connectivity index (χ1n) is 13.5. The molecule has 1 aliphatic rings. The molecular weight excluding hydrogens is 484 g/mol. The van der Waals surface area contributed by atoms with E-state index in [4.69, 9.17) is 19.7 Å². The molecule has 2 heterocycles. The minimum absolute atomic E-state index is 0.397. The second-order valence-corrected chi connectivity index (χ2v) is 10.3. The molecule has 0 aliphatic carbocycles. The molecule has 1 saturated heterocycles. The molecule has 1 aliphatic heterocycles. The first kappa shape index (κ1) is 25.1. The van der Waals surface area contributed by atoms with Gasteiger partial charge in [0.2, 0.25) is 0 Å². The van der Waals surface area contributed by atoms with Crippen LogP contribution in [0.2, 0.25) is 0 Å². The van der Waals surface area contributed by atoms with Crippen molar-refractivity contribution in [1.82, 2.24) is 15.1 Å². The highest BCUT2D eigenvalue weighted by molar-refractivity contribution is 6.01. The van der Waals surface area contributed by atoms with Crippen molar-refractivity contribution in [2.75, 3.05) is 39.3 Å². The zero-order valence-corrected chi connectivity index (χ0v) is 22.8. The van der Waals surface area contributed by atoms with Crippen molar-refractivity contribution in [2.45, 2.75) is 25.4 Å². The van der Waals surface area contributed by atoms with Gasteiger partial charge in [-0.2, -0.15) is 0 Å². The Labute approximate surface area is 229 Å². The lowest BCUT2D eigenvalue weighted by molar-refractivity contribution is 0.203. The smallest absolute Gasteiger partial charge is 0.159 e. The molecule has 0 radical (unpaired) electrons. The van der Waals surface area contributed by atoms with E-state index in [0.717, 1.165) is 71.8 Å². The van der Waals surface area contributed by atoms with Gasteiger partial charge in [-0.15, -0.1) is 10.2 Å². The zero-order valence-electron chi connectivity index (χ0n) is 22.8. The van der Waals surface area contributed by atoms with E-state index in [1.54, 1.807) is 14.2 Å². The molecule has 0 bridgehead atoms. The molecule has 1 fully saturated rings. The number of hydrogen-bond acceptors (Lipinski definition) is 6. The second-order valence-electron chi connectivity index (χ2n) is 10.3. The topological polar surface area (TPSA) is 50.7 Å². The summed E-state index contributed by atoms with van der Waals surface area (Å²) in [7, 11) is 5.53. The number of benzene rings is 4. The van der Waals surface area contributed by atoms with Crippen molar-refractivity contribution in [1.29, 1.82) is 0 Å². The monoisotopic (exact) mass is 518 g/mol. The fourth-order valence-electron chi connectivity index (χ4n) is 5.70. The number of methoxy groups -OCH3 is 2. The van der Waals surface area contributed by atoms with Crippen LogP contribution in [0.3, 0.4) is 0 Å². The number of ether oxygens (including phenoxy) is 2. The Morgan fingerprint density at radius 3 is 2.23 bits per heavy atom. The minimum atomic E-state index is 0.397. The summed E-state index contributed by atoms with van der Waals surface area (Å²) in [6.45, 7) is 3.10. The SMILES string of the molecule is COc1ccc(-c2nnc(N(C)C3CCN(Cc4ccc5ccccc5c4)CC3)c3cc(OC)ccc23)cc1. The number of nitrogens with zero attached hydrogens (tertiary/aromatic N) is 4. The number of aromatic nitrogens is 2. The molecule has 0 amide bonds. The van der Waals surface area contributed by atoms with Crippen LogP contribution >= 0.6 is 0 Å². The quantitative estimate of drug-likeness (QED) is 0.243. The average Bonchev–Trinajstić information content (AvgIpc) is 3.00. The highest BCUT2D eigenvalue weighted by atomic mass is 16.5. The maximum atomic E-state index is 5.59. The standard InChI is InChI=1S/C33H34N4O2/c1-36(27-16-18-37(19-17-27)22-23-8-9-24-6-4-5-7-26(24)20-23)33-31-21-29(39-3)14-15-30(31)32(34-35-33)25-10-12-28(38-2)13-11-25/h4-15,20-21,27H,16-19,22H2,1-3H3. The van der Waals surface area contributed by atoms with Gasteiger partial charge in [-0.1, -0.05) is 36.4 Å². The summed E-state index contributed by atoms with van der Waals surface area (Å²) < 4.78 is 10.9. The van der Waals surface area contributed by atoms with E-state index in [1.165, 1.54) is 16.3 Å². The van der Waals surface area contributed by atoms with Gasteiger partial charge in [-0.3, -0.25) is 4.90 Å². The largest absolute Gasteiger partial charge is 0.497 e. The molecule has 0 N–H and O–H groups in total. The first-order chi connectivity index (χ1) is 19.1. The maximum Gasteiger partial charge on any atom is 0.159 e. The lowest BCUT2D eigenvalue weighted by Gasteiger charge is -2.37. The highest BCUT2D eigenvalue weighted by Crippen LogP contribution is 2.35. The molecular formula is C33H34N4O2. The molecule has 1 aromatic heterocycles. The lowest BCUT2D eigenvalue weighted by atomic mass is 10.0. The summed E-state index contributed by atoms with van der Waals surface area (Å²) in [6.07, 6.45) is 2.16. The Hall–Kier alpha value is -4.16. The molecule has 6 nitrogen and oxygen atoms in total. The van der Waals surface area contributed by atoms with Gasteiger partial charge in [0.1, 0.15) is 17.2 Å². The molecule has 6 heteroatoms. The van der Waals surface area contributed by atoms with E-state index in [1.807, 2.05) is 30.3 Å². The number of piperidine rings is 1. The summed E-state index contributed by atoms with van der Waals surface area (Å²) in [5, 5.41) is 14.2. The van der Waals surface area contributed by atoms with Crippen LogP contribution in [0.1, 0.15) is 18.4 Å². The van der Waals surface area contributed by atoms with Gasteiger partial charge >= 0.3 is 0 Å². The number of hydrogen-bond donors (Lipinski definition) is 0. The van der Waals surface area contributed by atoms with Gasteiger partial charge in [0.25, 0.3) is 0 Å². The third-order valence-corrected chi connectivity index (χ3v) is 7.99. The van der Waals surface area contributed by atoms with Gasteiger partial charge in [0.05, 0.1) is 14.2 Å². The minimum Gasteiger partial charge on any atom is -0.497 e. The third-order valence-electron chi connectivity index (χ3n) is 7.99. The molecule has 6 rings (SSSR count). The molecule has 0 saturated carbocycles. The van der Waals surface area contributed by atoms with Crippen molar-refractivity contribution in [3.63, 3.8) is 0 Å². The second kappa shape index (κ2) is 10.9. The number of rotatable bonds is 7. The van der Waals surface area contributed by atoms with Crippen molar-refractivity contribution in [3.8, 4) is 22.8 Å². The van der Waals surface area contributed by atoms with Crippen LogP contribution < -0.4 is 14.4 Å². The van der Waals surface area contributed by atoms with Crippen LogP contribution in [-0.4, -0.2) is 55.5 Å². The maximum absolute atomic E-state index is 5.59. The van der Waals surface area contributed by atoms with Crippen LogP contribution in [0.4, 0.5) is 5.82 Å². The molecule has 198 valence electrons. The number of fused-ring (bicyclic) bond motifs is 2. The summed E-state index contributed by atoms with van der Waals surface area (Å²) in [4.78, 5) is 4.88. The number of anilines is 1. The van der Waals surface area contributed by atoms with E-state index < -0.39 is 0 Å². The molecule has 4 aromatic carbocycles. The Morgan fingerprint density at radius 2 is 1.49 bits per heavy atom. The van der Waals surface area contributed by atoms with Crippen LogP contribution in [0.15, 0.2) is 84.9 Å². The van der Waals surface area contributed by atoms with Gasteiger partial charge in [-0.25, -0.2) is 0 Å². The first-order valence-corrected chi connectivity index (χ1v) is 13.5. The molecule has 0 spiro atoms. The third kappa shape index (κ3) is 5.12. The van der Waals surface area contributed by atoms with E-state index >= 15 is 0 Å². The van der Waals surface area contributed by atoms with Gasteiger partial charge in [-0.05, 0) is 77.7 Å². The fourth-order valence-corrected chi connectivity index (χ4v) is 5.70. The predicted molar refractivity (Wildman–Crippen MR) is 159 cm³/mol. The Balaban J connectivity index is 1.21. The summed E-state index contributed by atoms with van der Waals surface area (Å²) >= 11 is 0. The van der Waals surface area contributed by atoms with Crippen LogP contribution in [-0.2, 0) is 6.54 Å². The Kier molecular flexibility index (Phi) is 7.03. The number of likely N-dealkylation sites (tertiary alicyclic amines) is 1. The zero-order chi connectivity index (χ0) is 26.8. The van der Waals surface area contributed by atoms with Gasteiger partial charge < -0.3 is 14.4 Å². The van der Waals surface area contributed by atoms with E-state index in [2.05, 4.69) is 71.4 Å². The van der Waals surface area contributed by atoms with E-state index in [0.29, 0.717) is 6.04 Å². The average molecular weight is 519 g/mol.